The van der Waals surface area contributed by atoms with Crippen molar-refractivity contribution in [2.75, 3.05) is 30.9 Å². The van der Waals surface area contributed by atoms with E-state index in [1.54, 1.807) is 48.3 Å². The van der Waals surface area contributed by atoms with Gasteiger partial charge in [-0.1, -0.05) is 6.07 Å². The molecule has 4 rings (SSSR count). The van der Waals surface area contributed by atoms with Crippen molar-refractivity contribution in [2.45, 2.75) is 25.3 Å². The van der Waals surface area contributed by atoms with Gasteiger partial charge in [-0.3, -0.25) is 14.6 Å². The largest absolute Gasteiger partial charge is 0.373 e. The molecule has 1 aromatic carbocycles. The monoisotopic (exact) mass is 448 g/mol. The van der Waals surface area contributed by atoms with Crippen LogP contribution in [0.2, 0.25) is 0 Å². The van der Waals surface area contributed by atoms with Crippen LogP contribution in [0.25, 0.3) is 0 Å². The van der Waals surface area contributed by atoms with Crippen LogP contribution in [0.1, 0.15) is 29.6 Å². The average Bonchev–Trinajstić information content (AvgIpc) is 3.21. The van der Waals surface area contributed by atoms with E-state index < -0.39 is 0 Å². The summed E-state index contributed by atoms with van der Waals surface area (Å²) in [7, 11) is 3.46. The fourth-order valence-electron chi connectivity index (χ4n) is 3.79. The van der Waals surface area contributed by atoms with Crippen LogP contribution in [0.15, 0.2) is 54.7 Å². The number of aromatic nitrogens is 3. The lowest BCUT2D eigenvalue weighted by Gasteiger charge is -2.19. The van der Waals surface area contributed by atoms with E-state index in [-0.39, 0.29) is 36.5 Å². The van der Waals surface area contributed by atoms with Gasteiger partial charge in [0.1, 0.15) is 17.5 Å². The maximum atomic E-state index is 13.3. The van der Waals surface area contributed by atoms with E-state index in [9.17, 15) is 14.0 Å². The van der Waals surface area contributed by atoms with E-state index in [0.717, 1.165) is 5.69 Å². The fourth-order valence-corrected chi connectivity index (χ4v) is 3.79. The zero-order valence-corrected chi connectivity index (χ0v) is 18.5. The number of pyridine rings is 1. The summed E-state index contributed by atoms with van der Waals surface area (Å²) in [4.78, 5) is 41.8. The quantitative estimate of drug-likeness (QED) is 0.598. The third kappa shape index (κ3) is 5.31. The van der Waals surface area contributed by atoms with Crippen molar-refractivity contribution in [1.29, 1.82) is 0 Å². The first-order chi connectivity index (χ1) is 15.9. The average molecular weight is 449 g/mol. The molecule has 0 bridgehead atoms. The van der Waals surface area contributed by atoms with Crippen LogP contribution in [0.5, 0.6) is 0 Å². The highest BCUT2D eigenvalue weighted by atomic mass is 19.1. The Kier molecular flexibility index (Phi) is 6.58. The SMILES string of the molecule is CNc1cc(C2CC(=O)N(c3ccc(F)cc3)C2)nc(CN(C)C(=O)Cc2ccccn2)n1. The maximum Gasteiger partial charge on any atom is 0.228 e. The van der Waals surface area contributed by atoms with Gasteiger partial charge in [0.2, 0.25) is 11.8 Å². The summed E-state index contributed by atoms with van der Waals surface area (Å²) in [6, 6.07) is 13.2. The number of hydrogen-bond acceptors (Lipinski definition) is 6. The second-order valence-electron chi connectivity index (χ2n) is 7.97. The van der Waals surface area contributed by atoms with Gasteiger partial charge >= 0.3 is 0 Å². The molecule has 0 radical (unpaired) electrons. The fraction of sp³-hybridized carbons (Fsp3) is 0.292. The Labute approximate surface area is 191 Å². The third-order valence-electron chi connectivity index (χ3n) is 5.59. The van der Waals surface area contributed by atoms with Gasteiger partial charge in [0, 0.05) is 56.6 Å². The number of halogens is 1. The number of nitrogens with zero attached hydrogens (tertiary/aromatic N) is 5. The van der Waals surface area contributed by atoms with Crippen LogP contribution in [0.3, 0.4) is 0 Å². The van der Waals surface area contributed by atoms with E-state index in [0.29, 0.717) is 36.0 Å². The molecule has 0 spiro atoms. The molecule has 8 nitrogen and oxygen atoms in total. The number of rotatable bonds is 7. The predicted octanol–water partition coefficient (Wildman–Crippen LogP) is 2.77. The summed E-state index contributed by atoms with van der Waals surface area (Å²) >= 11 is 0. The van der Waals surface area contributed by atoms with Crippen LogP contribution in [-0.2, 0) is 22.6 Å². The molecule has 3 aromatic rings. The molecule has 2 amide bonds. The summed E-state index contributed by atoms with van der Waals surface area (Å²) in [5.74, 6) is 0.496. The topological polar surface area (TPSA) is 91.3 Å². The van der Waals surface area contributed by atoms with Crippen molar-refractivity contribution < 1.29 is 14.0 Å². The molecule has 0 aliphatic carbocycles. The number of carbonyl (C=O) groups excluding carboxylic acids is 2. The minimum atomic E-state index is -0.345. The Morgan fingerprint density at radius 2 is 2.00 bits per heavy atom. The molecule has 1 fully saturated rings. The molecule has 1 unspecified atom stereocenters. The Bertz CT molecular complexity index is 1140. The van der Waals surface area contributed by atoms with Gasteiger partial charge in [-0.15, -0.1) is 0 Å². The van der Waals surface area contributed by atoms with Crippen molar-refractivity contribution in [2.24, 2.45) is 0 Å². The molecule has 1 atom stereocenters. The first kappa shape index (κ1) is 22.3. The van der Waals surface area contributed by atoms with E-state index in [1.165, 1.54) is 12.1 Å². The first-order valence-corrected chi connectivity index (χ1v) is 10.7. The van der Waals surface area contributed by atoms with Crippen molar-refractivity contribution in [3.8, 4) is 0 Å². The smallest absolute Gasteiger partial charge is 0.228 e. The van der Waals surface area contributed by atoms with E-state index in [2.05, 4.69) is 20.3 Å². The summed E-state index contributed by atoms with van der Waals surface area (Å²) in [5.41, 5.74) is 2.09. The Morgan fingerprint density at radius 3 is 2.70 bits per heavy atom. The molecule has 1 saturated heterocycles. The number of anilines is 2. The van der Waals surface area contributed by atoms with Crippen LogP contribution in [-0.4, -0.2) is 52.3 Å². The molecule has 170 valence electrons. The van der Waals surface area contributed by atoms with Gasteiger partial charge in [0.25, 0.3) is 0 Å². The standard InChI is InChI=1S/C24H25FN6O2/c1-26-21-13-20(16-11-24(33)31(14-16)19-8-6-17(25)7-9-19)28-22(29-21)15-30(2)23(32)12-18-5-3-4-10-27-18/h3-10,13,16H,11-12,14-15H2,1-2H3,(H,26,28,29). The normalized spacial score (nSPS) is 15.5. The summed E-state index contributed by atoms with van der Waals surface area (Å²) in [6.45, 7) is 0.676. The highest BCUT2D eigenvalue weighted by Crippen LogP contribution is 2.31. The van der Waals surface area contributed by atoms with Gasteiger partial charge in [-0.2, -0.15) is 0 Å². The second kappa shape index (κ2) is 9.72. The molecule has 2 aromatic heterocycles. The Hall–Kier alpha value is -3.88. The minimum absolute atomic E-state index is 0.0413. The van der Waals surface area contributed by atoms with Gasteiger partial charge in [0.15, 0.2) is 0 Å². The number of likely N-dealkylation sites (N-methyl/N-ethyl adjacent to an activating group) is 1. The lowest BCUT2D eigenvalue weighted by atomic mass is 10.0. The molecular formula is C24H25FN6O2. The Balaban J connectivity index is 1.49. The van der Waals surface area contributed by atoms with Crippen LogP contribution in [0, 0.1) is 5.82 Å². The minimum Gasteiger partial charge on any atom is -0.373 e. The lowest BCUT2D eigenvalue weighted by molar-refractivity contribution is -0.129. The van der Waals surface area contributed by atoms with Crippen LogP contribution in [0.4, 0.5) is 15.9 Å². The van der Waals surface area contributed by atoms with Gasteiger partial charge < -0.3 is 15.1 Å². The number of benzene rings is 1. The summed E-state index contributed by atoms with van der Waals surface area (Å²) in [5, 5.41) is 3.03. The zero-order chi connectivity index (χ0) is 23.4. The van der Waals surface area contributed by atoms with Crippen LogP contribution < -0.4 is 10.2 Å². The number of hydrogen-bond donors (Lipinski definition) is 1. The molecule has 0 saturated carbocycles. The number of carbonyl (C=O) groups is 2. The van der Waals surface area contributed by atoms with Gasteiger partial charge in [0.05, 0.1) is 18.7 Å². The van der Waals surface area contributed by atoms with Gasteiger partial charge in [-0.25, -0.2) is 14.4 Å². The van der Waals surface area contributed by atoms with E-state index in [4.69, 9.17) is 0 Å². The molecular weight excluding hydrogens is 423 g/mol. The molecule has 9 heteroatoms. The van der Waals surface area contributed by atoms with Crippen molar-refractivity contribution in [3.63, 3.8) is 0 Å². The van der Waals surface area contributed by atoms with Crippen molar-refractivity contribution >= 4 is 23.3 Å². The highest BCUT2D eigenvalue weighted by Gasteiger charge is 2.33. The van der Waals surface area contributed by atoms with Crippen LogP contribution >= 0.6 is 0 Å². The predicted molar refractivity (Wildman–Crippen MR) is 122 cm³/mol. The van der Waals surface area contributed by atoms with Gasteiger partial charge in [-0.05, 0) is 36.4 Å². The molecule has 1 aliphatic heterocycles. The molecule has 1 aliphatic rings. The number of amides is 2. The third-order valence-corrected chi connectivity index (χ3v) is 5.59. The lowest BCUT2D eigenvalue weighted by Crippen LogP contribution is -2.29. The zero-order valence-electron chi connectivity index (χ0n) is 18.5. The highest BCUT2D eigenvalue weighted by molar-refractivity contribution is 5.96. The molecule has 33 heavy (non-hydrogen) atoms. The molecule has 1 N–H and O–H groups in total. The van der Waals surface area contributed by atoms with Crippen molar-refractivity contribution in [1.82, 2.24) is 19.9 Å². The summed E-state index contributed by atoms with van der Waals surface area (Å²) in [6.07, 6.45) is 2.15. The van der Waals surface area contributed by atoms with E-state index in [1.807, 2.05) is 18.2 Å². The maximum absolute atomic E-state index is 13.3. The van der Waals surface area contributed by atoms with Crippen molar-refractivity contribution in [3.05, 3.63) is 77.8 Å². The van der Waals surface area contributed by atoms with E-state index >= 15 is 0 Å². The Morgan fingerprint density at radius 1 is 1.21 bits per heavy atom. The molecule has 3 heterocycles. The first-order valence-electron chi connectivity index (χ1n) is 10.7. The number of nitrogens with one attached hydrogen (secondary N) is 1. The summed E-state index contributed by atoms with van der Waals surface area (Å²) < 4.78 is 13.3. The second-order valence-corrected chi connectivity index (χ2v) is 7.97.